The Balaban J connectivity index is 4.46. The fraction of sp³-hybridized carbons (Fsp3) is 0.769. The second-order valence-electron chi connectivity index (χ2n) is 5.91. The summed E-state index contributed by atoms with van der Waals surface area (Å²) < 4.78 is 0. The van der Waals surface area contributed by atoms with Crippen molar-refractivity contribution in [2.45, 2.75) is 52.6 Å². The summed E-state index contributed by atoms with van der Waals surface area (Å²) in [6, 6.07) is -0.606. The van der Waals surface area contributed by atoms with Crippen LogP contribution in [0.5, 0.6) is 0 Å². The molecule has 0 aromatic heterocycles. The highest BCUT2D eigenvalue weighted by Crippen LogP contribution is 2.13. The molecule has 0 unspecified atom stereocenters. The third-order valence-electron chi connectivity index (χ3n) is 2.55. The number of hydrogen-bond donors (Lipinski definition) is 3. The third kappa shape index (κ3) is 8.47. The molecule has 116 valence electrons. The Hall–Kier alpha value is -1.63. The van der Waals surface area contributed by atoms with E-state index in [1.807, 2.05) is 20.8 Å². The largest absolute Gasteiger partial charge is 0.481 e. The Morgan fingerprint density at radius 1 is 1.20 bits per heavy atom. The van der Waals surface area contributed by atoms with Gasteiger partial charge in [-0.1, -0.05) is 0 Å². The number of nitrogens with zero attached hydrogens (tertiary/aromatic N) is 1. The number of carboxylic acid groups (broad SMARTS) is 1. The topological polar surface area (TPSA) is 98.7 Å². The van der Waals surface area contributed by atoms with E-state index in [1.54, 1.807) is 18.7 Å². The summed E-state index contributed by atoms with van der Waals surface area (Å²) in [7, 11) is 0. The molecule has 0 rings (SSSR count). The molecule has 20 heavy (non-hydrogen) atoms. The first kappa shape index (κ1) is 18.4. The monoisotopic (exact) mass is 287 g/mol. The molecular weight excluding hydrogens is 262 g/mol. The van der Waals surface area contributed by atoms with Gasteiger partial charge in [0.2, 0.25) is 5.91 Å². The lowest BCUT2D eigenvalue weighted by Crippen LogP contribution is -2.51. The van der Waals surface area contributed by atoms with Crippen LogP contribution in [0.3, 0.4) is 0 Å². The van der Waals surface area contributed by atoms with Gasteiger partial charge in [0.1, 0.15) is 0 Å². The summed E-state index contributed by atoms with van der Waals surface area (Å²) >= 11 is 0. The van der Waals surface area contributed by atoms with Gasteiger partial charge in [0, 0.05) is 18.1 Å². The molecule has 0 aliphatic heterocycles. The van der Waals surface area contributed by atoms with Gasteiger partial charge in [-0.2, -0.15) is 0 Å². The number of urea groups is 1. The quantitative estimate of drug-likeness (QED) is 0.671. The average Bonchev–Trinajstić information content (AvgIpc) is 2.20. The van der Waals surface area contributed by atoms with Crippen molar-refractivity contribution in [3.8, 4) is 0 Å². The van der Waals surface area contributed by atoms with Crippen molar-refractivity contribution >= 4 is 17.9 Å². The molecule has 3 amide bonds. The fourth-order valence-corrected chi connectivity index (χ4v) is 1.52. The minimum Gasteiger partial charge on any atom is -0.481 e. The zero-order chi connectivity index (χ0) is 15.9. The molecule has 0 atom stereocenters. The van der Waals surface area contributed by atoms with E-state index in [-0.39, 0.29) is 31.1 Å². The van der Waals surface area contributed by atoms with E-state index >= 15 is 0 Å². The first-order chi connectivity index (χ1) is 9.02. The van der Waals surface area contributed by atoms with Gasteiger partial charge < -0.3 is 10.4 Å². The molecule has 3 N–H and O–H groups in total. The molecule has 0 aliphatic carbocycles. The molecule has 0 bridgehead atoms. The van der Waals surface area contributed by atoms with Crippen molar-refractivity contribution in [1.82, 2.24) is 15.5 Å². The smallest absolute Gasteiger partial charge is 0.321 e. The summed E-state index contributed by atoms with van der Waals surface area (Å²) in [5, 5.41) is 13.5. The summed E-state index contributed by atoms with van der Waals surface area (Å²) in [6.45, 7) is 9.46. The Labute approximate surface area is 119 Å². The SMILES string of the molecule is CC(C)NC(=O)NC(=O)CN(CCC(=O)O)C(C)(C)C. The van der Waals surface area contributed by atoms with E-state index in [4.69, 9.17) is 5.11 Å². The first-order valence-electron chi connectivity index (χ1n) is 6.59. The zero-order valence-electron chi connectivity index (χ0n) is 12.8. The van der Waals surface area contributed by atoms with Crippen molar-refractivity contribution in [1.29, 1.82) is 0 Å². The van der Waals surface area contributed by atoms with E-state index in [9.17, 15) is 14.4 Å². The Bertz CT molecular complexity index is 361. The predicted molar refractivity (Wildman–Crippen MR) is 75.4 cm³/mol. The zero-order valence-corrected chi connectivity index (χ0v) is 12.8. The molecule has 0 radical (unpaired) electrons. The normalized spacial score (nSPS) is 11.6. The molecule has 0 fully saturated rings. The van der Waals surface area contributed by atoms with Crippen LogP contribution >= 0.6 is 0 Å². The summed E-state index contributed by atoms with van der Waals surface area (Å²) in [6.07, 6.45) is -0.0528. The summed E-state index contributed by atoms with van der Waals surface area (Å²) in [5.41, 5.74) is -0.360. The fourth-order valence-electron chi connectivity index (χ4n) is 1.52. The van der Waals surface area contributed by atoms with Crippen LogP contribution < -0.4 is 10.6 Å². The minimum atomic E-state index is -0.919. The van der Waals surface area contributed by atoms with Crippen LogP contribution in [0.4, 0.5) is 4.79 Å². The van der Waals surface area contributed by atoms with Crippen molar-refractivity contribution in [3.05, 3.63) is 0 Å². The van der Waals surface area contributed by atoms with Crippen molar-refractivity contribution < 1.29 is 19.5 Å². The van der Waals surface area contributed by atoms with E-state index < -0.39 is 17.9 Å². The van der Waals surface area contributed by atoms with E-state index in [0.29, 0.717) is 0 Å². The number of nitrogens with one attached hydrogen (secondary N) is 2. The highest BCUT2D eigenvalue weighted by Gasteiger charge is 2.24. The van der Waals surface area contributed by atoms with Crippen molar-refractivity contribution in [2.24, 2.45) is 0 Å². The minimum absolute atomic E-state index is 0.0255. The lowest BCUT2D eigenvalue weighted by atomic mass is 10.1. The summed E-state index contributed by atoms with van der Waals surface area (Å²) in [4.78, 5) is 35.5. The lowest BCUT2D eigenvalue weighted by Gasteiger charge is -2.34. The van der Waals surface area contributed by atoms with Gasteiger partial charge in [0.15, 0.2) is 0 Å². The number of amides is 3. The number of aliphatic carboxylic acids is 1. The van der Waals surface area contributed by atoms with Gasteiger partial charge >= 0.3 is 12.0 Å². The van der Waals surface area contributed by atoms with Crippen molar-refractivity contribution in [3.63, 3.8) is 0 Å². The van der Waals surface area contributed by atoms with Crippen LogP contribution in [-0.2, 0) is 9.59 Å². The van der Waals surface area contributed by atoms with Gasteiger partial charge in [0.05, 0.1) is 13.0 Å². The number of carbonyl (C=O) groups is 3. The molecule has 0 spiro atoms. The molecule has 0 saturated heterocycles. The highest BCUT2D eigenvalue weighted by atomic mass is 16.4. The predicted octanol–water partition coefficient (Wildman–Crippen LogP) is 0.796. The first-order valence-corrected chi connectivity index (χ1v) is 6.59. The van der Waals surface area contributed by atoms with Crippen LogP contribution in [0.1, 0.15) is 41.0 Å². The van der Waals surface area contributed by atoms with Crippen LogP contribution in [0, 0.1) is 0 Å². The number of imide groups is 1. The van der Waals surface area contributed by atoms with Crippen LogP contribution in [0.25, 0.3) is 0 Å². The Kier molecular flexibility index (Phi) is 7.20. The van der Waals surface area contributed by atoms with Crippen LogP contribution in [-0.4, -0.2) is 52.6 Å². The van der Waals surface area contributed by atoms with E-state index in [2.05, 4.69) is 10.6 Å². The second kappa shape index (κ2) is 7.84. The molecule has 0 aromatic carbocycles. The maximum atomic E-state index is 11.8. The molecule has 0 heterocycles. The molecule has 7 heteroatoms. The van der Waals surface area contributed by atoms with E-state index in [0.717, 1.165) is 0 Å². The maximum absolute atomic E-state index is 11.8. The number of carbonyl (C=O) groups excluding carboxylic acids is 2. The average molecular weight is 287 g/mol. The number of rotatable bonds is 6. The highest BCUT2D eigenvalue weighted by molar-refractivity contribution is 5.95. The molecule has 7 nitrogen and oxygen atoms in total. The van der Waals surface area contributed by atoms with Gasteiger partial charge in [-0.3, -0.25) is 19.8 Å². The van der Waals surface area contributed by atoms with Crippen LogP contribution in [0.15, 0.2) is 0 Å². The molecule has 0 saturated carbocycles. The van der Waals surface area contributed by atoms with Gasteiger partial charge in [0.25, 0.3) is 0 Å². The van der Waals surface area contributed by atoms with Gasteiger partial charge in [-0.05, 0) is 34.6 Å². The number of carboxylic acids is 1. The van der Waals surface area contributed by atoms with Gasteiger partial charge in [-0.25, -0.2) is 4.79 Å². The standard InChI is InChI=1S/C13H25N3O4/c1-9(2)14-12(20)15-10(17)8-16(13(3,4)5)7-6-11(18)19/h9H,6-8H2,1-5H3,(H,18,19)(H2,14,15,17,20). The van der Waals surface area contributed by atoms with Gasteiger partial charge in [-0.15, -0.1) is 0 Å². The number of hydrogen-bond acceptors (Lipinski definition) is 4. The molecule has 0 aromatic rings. The lowest BCUT2D eigenvalue weighted by molar-refractivity contribution is -0.138. The Morgan fingerprint density at radius 3 is 2.15 bits per heavy atom. The summed E-state index contributed by atoms with van der Waals surface area (Å²) in [5.74, 6) is -1.37. The Morgan fingerprint density at radius 2 is 1.75 bits per heavy atom. The molecule has 0 aliphatic rings. The molecular formula is C13H25N3O4. The third-order valence-corrected chi connectivity index (χ3v) is 2.55. The van der Waals surface area contributed by atoms with Crippen LogP contribution in [0.2, 0.25) is 0 Å². The maximum Gasteiger partial charge on any atom is 0.321 e. The van der Waals surface area contributed by atoms with Crippen molar-refractivity contribution in [2.75, 3.05) is 13.1 Å². The van der Waals surface area contributed by atoms with E-state index in [1.165, 1.54) is 0 Å². The second-order valence-corrected chi connectivity index (χ2v) is 5.91.